The van der Waals surface area contributed by atoms with Crippen LogP contribution >= 0.6 is 11.3 Å². The van der Waals surface area contributed by atoms with E-state index in [-0.39, 0.29) is 57.4 Å². The van der Waals surface area contributed by atoms with Crippen molar-refractivity contribution in [2.24, 2.45) is 5.73 Å². The Bertz CT molecular complexity index is 1410. The van der Waals surface area contributed by atoms with Gasteiger partial charge in [0.25, 0.3) is 5.91 Å². The van der Waals surface area contributed by atoms with Crippen molar-refractivity contribution in [3.05, 3.63) is 53.0 Å². The number of rotatable bonds is 2. The zero-order valence-corrected chi connectivity index (χ0v) is 19.3. The Morgan fingerprint density at radius 3 is 2.56 bits per heavy atom. The number of anilines is 1. The van der Waals surface area contributed by atoms with E-state index >= 15 is 0 Å². The molecule has 2 aliphatic heterocycles. The number of nitrogens with one attached hydrogen (secondary N) is 1. The third-order valence-corrected chi connectivity index (χ3v) is 7.32. The van der Waals surface area contributed by atoms with Gasteiger partial charge in [-0.1, -0.05) is 11.3 Å². The molecule has 1 fully saturated rings. The number of hydrogen-bond acceptors (Lipinski definition) is 6. The van der Waals surface area contributed by atoms with E-state index in [1.165, 1.54) is 17.0 Å². The zero-order valence-electron chi connectivity index (χ0n) is 18.4. The first kappa shape index (κ1) is 24.0. The number of thiophene rings is 1. The molecule has 5 rings (SSSR count). The monoisotopic (exact) mass is 522 g/mol. The number of urea groups is 1. The van der Waals surface area contributed by atoms with Crippen molar-refractivity contribution in [2.75, 3.05) is 18.4 Å². The van der Waals surface area contributed by atoms with Gasteiger partial charge in [-0.2, -0.15) is 13.2 Å². The van der Waals surface area contributed by atoms with Crippen molar-refractivity contribution < 1.29 is 36.7 Å². The molecule has 0 aliphatic carbocycles. The SMILES string of the molecule is NC(=O)Nc1sc2nc(C(F)(F)F)ccc2c1C(=O)N1CCC2(CC1)CC(=O)c1cc(F)ccc1O2. The van der Waals surface area contributed by atoms with Crippen molar-refractivity contribution in [3.8, 4) is 5.75 Å². The van der Waals surface area contributed by atoms with Crippen LogP contribution in [0.15, 0.2) is 30.3 Å². The van der Waals surface area contributed by atoms with Crippen LogP contribution in [0.4, 0.5) is 27.4 Å². The molecule has 8 nitrogen and oxygen atoms in total. The lowest BCUT2D eigenvalue weighted by atomic mass is 9.82. The molecule has 188 valence electrons. The summed E-state index contributed by atoms with van der Waals surface area (Å²) in [5, 5.41) is 2.46. The average Bonchev–Trinajstić information content (AvgIpc) is 3.15. The normalized spacial score (nSPS) is 17.1. The summed E-state index contributed by atoms with van der Waals surface area (Å²) >= 11 is 0.720. The summed E-state index contributed by atoms with van der Waals surface area (Å²) in [6.45, 7) is 0.369. The fourth-order valence-corrected chi connectivity index (χ4v) is 5.64. The standard InChI is InChI=1S/C23H18F4N4O4S/c24-11-1-3-15-13(9-11)14(32)10-22(35-15)5-7-31(8-6-22)20(33)17-12-2-4-16(23(25,26)27)29-18(12)36-19(17)30-21(28)34/h1-4,9H,5-8,10H2,(H3,28,30,34). The fourth-order valence-electron chi connectivity index (χ4n) is 4.57. The summed E-state index contributed by atoms with van der Waals surface area (Å²) < 4.78 is 59.0. The number of likely N-dealkylation sites (tertiary alicyclic amines) is 1. The first-order valence-electron chi connectivity index (χ1n) is 10.8. The highest BCUT2D eigenvalue weighted by molar-refractivity contribution is 7.23. The van der Waals surface area contributed by atoms with Crippen molar-refractivity contribution in [3.63, 3.8) is 0 Å². The maximum absolute atomic E-state index is 13.5. The molecule has 0 radical (unpaired) electrons. The molecule has 36 heavy (non-hydrogen) atoms. The molecule has 3 aromatic rings. The van der Waals surface area contributed by atoms with Crippen LogP contribution in [0, 0.1) is 5.82 Å². The predicted molar refractivity (Wildman–Crippen MR) is 122 cm³/mol. The van der Waals surface area contributed by atoms with Gasteiger partial charge in [-0.05, 0) is 30.3 Å². The van der Waals surface area contributed by atoms with Crippen LogP contribution in [-0.4, -0.2) is 46.3 Å². The molecule has 0 bridgehead atoms. The molecular formula is C23H18F4N4O4S. The van der Waals surface area contributed by atoms with E-state index in [4.69, 9.17) is 10.5 Å². The number of benzene rings is 1. The van der Waals surface area contributed by atoms with Crippen LogP contribution in [0.2, 0.25) is 0 Å². The van der Waals surface area contributed by atoms with E-state index in [1.807, 2.05) is 0 Å². The quantitative estimate of drug-likeness (QED) is 0.478. The molecule has 0 unspecified atom stereocenters. The van der Waals surface area contributed by atoms with Crippen molar-refractivity contribution in [1.82, 2.24) is 9.88 Å². The van der Waals surface area contributed by atoms with Crippen LogP contribution in [-0.2, 0) is 6.18 Å². The Kier molecular flexibility index (Phi) is 5.62. The summed E-state index contributed by atoms with van der Waals surface area (Å²) in [6.07, 6.45) is -4.04. The number of ether oxygens (including phenoxy) is 1. The third kappa shape index (κ3) is 4.23. The number of nitrogens with zero attached hydrogens (tertiary/aromatic N) is 2. The van der Waals surface area contributed by atoms with E-state index in [1.54, 1.807) is 0 Å². The minimum Gasteiger partial charge on any atom is -0.486 e. The number of Topliss-reactive ketones (excluding diaryl/α,β-unsaturated/α-hetero) is 1. The number of aromatic nitrogens is 1. The van der Waals surface area contributed by atoms with Gasteiger partial charge in [0, 0.05) is 31.3 Å². The number of fused-ring (bicyclic) bond motifs is 2. The van der Waals surface area contributed by atoms with Crippen LogP contribution in [0.25, 0.3) is 10.2 Å². The van der Waals surface area contributed by atoms with E-state index in [0.717, 1.165) is 29.5 Å². The minimum atomic E-state index is -4.68. The highest BCUT2D eigenvalue weighted by Gasteiger charge is 2.44. The third-order valence-electron chi connectivity index (χ3n) is 6.31. The number of nitrogens with two attached hydrogens (primary N) is 1. The van der Waals surface area contributed by atoms with Crippen LogP contribution < -0.4 is 15.8 Å². The Labute approximate surface area is 205 Å². The fraction of sp³-hybridized carbons (Fsp3) is 0.304. The smallest absolute Gasteiger partial charge is 0.433 e. The molecule has 0 saturated carbocycles. The van der Waals surface area contributed by atoms with E-state index in [2.05, 4.69) is 10.3 Å². The van der Waals surface area contributed by atoms with E-state index in [0.29, 0.717) is 12.8 Å². The number of carbonyl (C=O) groups is 3. The molecule has 1 saturated heterocycles. The minimum absolute atomic E-state index is 0.00495. The zero-order chi connectivity index (χ0) is 25.8. The van der Waals surface area contributed by atoms with Gasteiger partial charge < -0.3 is 15.4 Å². The van der Waals surface area contributed by atoms with Gasteiger partial charge in [0.05, 0.1) is 17.5 Å². The predicted octanol–water partition coefficient (Wildman–Crippen LogP) is 4.59. The molecule has 2 aromatic heterocycles. The van der Waals surface area contributed by atoms with Gasteiger partial charge in [-0.15, -0.1) is 0 Å². The summed E-state index contributed by atoms with van der Waals surface area (Å²) in [6, 6.07) is 4.68. The lowest BCUT2D eigenvalue weighted by Crippen LogP contribution is -2.52. The lowest BCUT2D eigenvalue weighted by Gasteiger charge is -2.44. The van der Waals surface area contributed by atoms with Crippen LogP contribution in [0.3, 0.4) is 0 Å². The number of primary amides is 1. The number of ketones is 1. The second kappa shape index (κ2) is 8.43. The van der Waals surface area contributed by atoms with Crippen LogP contribution in [0.1, 0.15) is 45.7 Å². The number of piperidine rings is 1. The maximum atomic E-state index is 13.5. The molecule has 3 N–H and O–H groups in total. The molecule has 1 aromatic carbocycles. The maximum Gasteiger partial charge on any atom is 0.433 e. The number of halogens is 4. The Balaban J connectivity index is 1.41. The summed E-state index contributed by atoms with van der Waals surface area (Å²) in [7, 11) is 0. The van der Waals surface area contributed by atoms with E-state index in [9.17, 15) is 31.9 Å². The molecule has 2 aliphatic rings. The lowest BCUT2D eigenvalue weighted by molar-refractivity contribution is -0.140. The summed E-state index contributed by atoms with van der Waals surface area (Å²) in [5.41, 5.74) is 3.40. The summed E-state index contributed by atoms with van der Waals surface area (Å²) in [4.78, 5) is 42.6. The molecule has 4 heterocycles. The Morgan fingerprint density at radius 1 is 1.17 bits per heavy atom. The van der Waals surface area contributed by atoms with Crippen LogP contribution in [0.5, 0.6) is 5.75 Å². The molecule has 0 atom stereocenters. The van der Waals surface area contributed by atoms with Gasteiger partial charge in [-0.25, -0.2) is 14.2 Å². The van der Waals surface area contributed by atoms with Crippen molar-refractivity contribution >= 4 is 44.3 Å². The van der Waals surface area contributed by atoms with Crippen molar-refractivity contribution in [1.29, 1.82) is 0 Å². The van der Waals surface area contributed by atoms with Gasteiger partial charge in [0.2, 0.25) is 0 Å². The Hall–Kier alpha value is -3.74. The number of pyridine rings is 1. The Morgan fingerprint density at radius 2 is 1.89 bits per heavy atom. The first-order valence-corrected chi connectivity index (χ1v) is 11.7. The number of alkyl halides is 3. The second-order valence-electron chi connectivity index (χ2n) is 8.66. The van der Waals surface area contributed by atoms with Gasteiger partial charge in [-0.3, -0.25) is 14.9 Å². The number of hydrogen-bond donors (Lipinski definition) is 2. The second-order valence-corrected chi connectivity index (χ2v) is 9.66. The summed E-state index contributed by atoms with van der Waals surface area (Å²) in [5.74, 6) is -1.03. The highest BCUT2D eigenvalue weighted by Crippen LogP contribution is 2.42. The topological polar surface area (TPSA) is 115 Å². The number of carbonyl (C=O) groups excluding carboxylic acids is 3. The van der Waals surface area contributed by atoms with Gasteiger partial charge in [0.15, 0.2) is 5.78 Å². The largest absolute Gasteiger partial charge is 0.486 e. The van der Waals surface area contributed by atoms with Crippen molar-refractivity contribution in [2.45, 2.75) is 31.0 Å². The number of amides is 3. The first-order chi connectivity index (χ1) is 17.0. The highest BCUT2D eigenvalue weighted by atomic mass is 32.1. The molecule has 13 heteroatoms. The molecular weight excluding hydrogens is 504 g/mol. The van der Waals surface area contributed by atoms with E-state index < -0.39 is 35.2 Å². The average molecular weight is 522 g/mol. The van der Waals surface area contributed by atoms with Gasteiger partial charge in [0.1, 0.15) is 32.7 Å². The van der Waals surface area contributed by atoms with Gasteiger partial charge >= 0.3 is 12.2 Å². The molecule has 1 spiro atoms. The molecule has 3 amide bonds.